The molecule has 0 unspecified atom stereocenters. The van der Waals surface area contributed by atoms with Crippen molar-refractivity contribution >= 4 is 28.6 Å². The molecule has 2 aromatic heterocycles. The number of fused-ring (bicyclic) bond motifs is 1. The van der Waals surface area contributed by atoms with Gasteiger partial charge in [0.1, 0.15) is 0 Å². The van der Waals surface area contributed by atoms with Gasteiger partial charge in [0.2, 0.25) is 0 Å². The van der Waals surface area contributed by atoms with Crippen LogP contribution in [0.5, 0.6) is 0 Å². The SMILES string of the molecule is CC1=CC(C)(C)N(C)c2ccc([C@@H]3[C@@H](c4ccccn4)NC(=S)N3Cc3ccccn3)cc21. The van der Waals surface area contributed by atoms with Crippen LogP contribution in [0.2, 0.25) is 0 Å². The molecule has 168 valence electrons. The zero-order valence-corrected chi connectivity index (χ0v) is 20.3. The van der Waals surface area contributed by atoms with Gasteiger partial charge in [-0.1, -0.05) is 24.3 Å². The molecule has 1 N–H and O–H groups in total. The fraction of sp³-hybridized carbons (Fsp3) is 0.296. The van der Waals surface area contributed by atoms with Crippen LogP contribution < -0.4 is 10.2 Å². The van der Waals surface area contributed by atoms with Crippen molar-refractivity contribution in [3.05, 3.63) is 95.6 Å². The molecule has 1 fully saturated rings. The second kappa shape index (κ2) is 8.27. The Balaban J connectivity index is 1.60. The minimum Gasteiger partial charge on any atom is -0.366 e. The third-order valence-electron chi connectivity index (χ3n) is 6.84. The average Bonchev–Trinajstić information content (AvgIpc) is 3.14. The zero-order chi connectivity index (χ0) is 23.2. The van der Waals surface area contributed by atoms with Crippen molar-refractivity contribution < 1.29 is 0 Å². The Morgan fingerprint density at radius 2 is 1.79 bits per heavy atom. The highest BCUT2D eigenvalue weighted by Gasteiger charge is 2.40. The number of aromatic nitrogens is 2. The number of likely N-dealkylation sites (N-methyl/N-ethyl adjacent to an activating group) is 1. The lowest BCUT2D eigenvalue weighted by molar-refractivity contribution is 0.308. The van der Waals surface area contributed by atoms with Crippen molar-refractivity contribution in [2.45, 2.75) is 44.9 Å². The molecule has 0 aliphatic carbocycles. The lowest BCUT2D eigenvalue weighted by atomic mass is 9.86. The number of hydrogen-bond acceptors (Lipinski definition) is 4. The minimum atomic E-state index is -0.0393. The first-order valence-corrected chi connectivity index (χ1v) is 11.7. The quantitative estimate of drug-likeness (QED) is 0.540. The summed E-state index contributed by atoms with van der Waals surface area (Å²) in [5.41, 5.74) is 6.99. The monoisotopic (exact) mass is 455 g/mol. The van der Waals surface area contributed by atoms with Crippen LogP contribution in [0.4, 0.5) is 5.69 Å². The van der Waals surface area contributed by atoms with Crippen molar-refractivity contribution in [2.75, 3.05) is 11.9 Å². The van der Waals surface area contributed by atoms with Gasteiger partial charge in [0, 0.05) is 30.7 Å². The zero-order valence-electron chi connectivity index (χ0n) is 19.5. The first-order chi connectivity index (χ1) is 15.8. The third-order valence-corrected chi connectivity index (χ3v) is 7.19. The van der Waals surface area contributed by atoms with E-state index in [9.17, 15) is 0 Å². The summed E-state index contributed by atoms with van der Waals surface area (Å²) in [6.45, 7) is 7.34. The van der Waals surface area contributed by atoms with Crippen molar-refractivity contribution in [1.29, 1.82) is 0 Å². The second-order valence-electron chi connectivity index (χ2n) is 9.39. The van der Waals surface area contributed by atoms with Crippen LogP contribution in [0, 0.1) is 0 Å². The van der Waals surface area contributed by atoms with Gasteiger partial charge >= 0.3 is 0 Å². The lowest BCUT2D eigenvalue weighted by Crippen LogP contribution is -2.42. The molecule has 1 saturated heterocycles. The molecule has 5 rings (SSSR count). The minimum absolute atomic E-state index is 0.00717. The molecular formula is C27H29N5S. The van der Waals surface area contributed by atoms with Gasteiger partial charge in [0.05, 0.1) is 35.6 Å². The number of benzene rings is 1. The van der Waals surface area contributed by atoms with Gasteiger partial charge in [-0.15, -0.1) is 0 Å². The molecule has 6 heteroatoms. The maximum absolute atomic E-state index is 5.83. The number of rotatable bonds is 4. The molecule has 0 spiro atoms. The summed E-state index contributed by atoms with van der Waals surface area (Å²) in [5.74, 6) is 0. The average molecular weight is 456 g/mol. The topological polar surface area (TPSA) is 44.3 Å². The molecule has 2 atom stereocenters. The Labute approximate surface area is 201 Å². The van der Waals surface area contributed by atoms with E-state index in [1.807, 2.05) is 42.7 Å². The Morgan fingerprint density at radius 3 is 2.48 bits per heavy atom. The first kappa shape index (κ1) is 21.6. The second-order valence-corrected chi connectivity index (χ2v) is 9.78. The Kier molecular flexibility index (Phi) is 5.41. The predicted octanol–water partition coefficient (Wildman–Crippen LogP) is 5.28. The van der Waals surface area contributed by atoms with Gasteiger partial charge < -0.3 is 15.1 Å². The summed E-state index contributed by atoms with van der Waals surface area (Å²) >= 11 is 5.83. The number of nitrogens with zero attached hydrogens (tertiary/aromatic N) is 4. The summed E-state index contributed by atoms with van der Waals surface area (Å²) in [6.07, 6.45) is 6.02. The fourth-order valence-corrected chi connectivity index (χ4v) is 5.27. The van der Waals surface area contributed by atoms with E-state index in [0.717, 1.165) is 16.5 Å². The molecule has 4 heterocycles. The summed E-state index contributed by atoms with van der Waals surface area (Å²) in [6, 6.07) is 18.8. The highest BCUT2D eigenvalue weighted by Crippen LogP contribution is 2.43. The molecule has 3 aromatic rings. The van der Waals surface area contributed by atoms with Crippen LogP contribution in [0.25, 0.3) is 5.57 Å². The molecule has 2 aliphatic heterocycles. The largest absolute Gasteiger partial charge is 0.366 e. The fourth-order valence-electron chi connectivity index (χ4n) is 4.97. The maximum Gasteiger partial charge on any atom is 0.170 e. The number of nitrogens with one attached hydrogen (secondary N) is 1. The number of thiocarbonyl (C=S) groups is 1. The number of hydrogen-bond donors (Lipinski definition) is 1. The van der Waals surface area contributed by atoms with Crippen molar-refractivity contribution in [3.63, 3.8) is 0 Å². The van der Waals surface area contributed by atoms with Crippen LogP contribution >= 0.6 is 12.2 Å². The number of pyridine rings is 2. The van der Waals surface area contributed by atoms with Crippen molar-refractivity contribution in [1.82, 2.24) is 20.2 Å². The van der Waals surface area contributed by atoms with Crippen molar-refractivity contribution in [3.8, 4) is 0 Å². The van der Waals surface area contributed by atoms with Gasteiger partial charge in [0.25, 0.3) is 0 Å². The van der Waals surface area contributed by atoms with Crippen molar-refractivity contribution in [2.24, 2.45) is 0 Å². The van der Waals surface area contributed by atoms with E-state index in [4.69, 9.17) is 12.2 Å². The van der Waals surface area contributed by atoms with E-state index in [-0.39, 0.29) is 17.6 Å². The molecule has 5 nitrogen and oxygen atoms in total. The molecule has 0 radical (unpaired) electrons. The van der Waals surface area contributed by atoms with E-state index in [2.05, 4.69) is 83.2 Å². The predicted molar refractivity (Wildman–Crippen MR) is 138 cm³/mol. The van der Waals surface area contributed by atoms with Crippen LogP contribution in [-0.2, 0) is 6.54 Å². The van der Waals surface area contributed by atoms with Gasteiger partial charge in [-0.25, -0.2) is 0 Å². The summed E-state index contributed by atoms with van der Waals surface area (Å²) < 4.78 is 0. The molecule has 33 heavy (non-hydrogen) atoms. The van der Waals surface area contributed by atoms with Gasteiger partial charge in [-0.2, -0.15) is 0 Å². The van der Waals surface area contributed by atoms with Crippen LogP contribution in [0.1, 0.15) is 55.4 Å². The number of anilines is 1. The standard InChI is InChI=1S/C27H29N5S/c1-18-16-27(2,3)31(4)23-12-11-19(15-21(18)23)25-24(22-10-6-8-14-29-22)30-26(33)32(25)17-20-9-5-7-13-28-20/h5-16,24-25H,17H2,1-4H3,(H,30,33)/t24-,25-/m1/s1. The Hall–Kier alpha value is -3.25. The maximum atomic E-state index is 5.83. The number of allylic oxidation sites excluding steroid dienone is 1. The first-order valence-electron chi connectivity index (χ1n) is 11.3. The normalized spacial score (nSPS) is 21.5. The highest BCUT2D eigenvalue weighted by atomic mass is 32.1. The molecule has 1 aromatic carbocycles. The van der Waals surface area contributed by atoms with Gasteiger partial charge in [-0.05, 0) is 80.5 Å². The van der Waals surface area contributed by atoms with Gasteiger partial charge in [-0.3, -0.25) is 9.97 Å². The van der Waals surface area contributed by atoms with Crippen LogP contribution in [0.3, 0.4) is 0 Å². The summed E-state index contributed by atoms with van der Waals surface area (Å²) in [4.78, 5) is 13.8. The van der Waals surface area contributed by atoms with E-state index in [0.29, 0.717) is 6.54 Å². The van der Waals surface area contributed by atoms with E-state index >= 15 is 0 Å². The van der Waals surface area contributed by atoms with E-state index in [1.165, 1.54) is 22.4 Å². The summed E-state index contributed by atoms with van der Waals surface area (Å²) in [5, 5.41) is 4.27. The molecule has 0 bridgehead atoms. The third kappa shape index (κ3) is 3.89. The van der Waals surface area contributed by atoms with E-state index in [1.54, 1.807) is 0 Å². The Morgan fingerprint density at radius 1 is 1.03 bits per heavy atom. The van der Waals surface area contributed by atoms with E-state index < -0.39 is 0 Å². The van der Waals surface area contributed by atoms with Gasteiger partial charge in [0.15, 0.2) is 5.11 Å². The highest BCUT2D eigenvalue weighted by molar-refractivity contribution is 7.80. The van der Waals surface area contributed by atoms with Crippen LogP contribution in [0.15, 0.2) is 73.1 Å². The van der Waals surface area contributed by atoms with Crippen LogP contribution in [-0.4, -0.2) is 32.6 Å². The lowest BCUT2D eigenvalue weighted by Gasteiger charge is -2.41. The molecule has 2 aliphatic rings. The summed E-state index contributed by atoms with van der Waals surface area (Å²) in [7, 11) is 2.16. The molecule has 0 saturated carbocycles. The molecule has 0 amide bonds. The molecular weight excluding hydrogens is 426 g/mol. The Bertz CT molecular complexity index is 1210. The smallest absolute Gasteiger partial charge is 0.170 e.